The number of nitrogens with one attached hydrogen (secondary N) is 1. The Kier molecular flexibility index (Phi) is 6.28. The van der Waals surface area contributed by atoms with Crippen molar-refractivity contribution in [3.63, 3.8) is 0 Å². The first-order chi connectivity index (χ1) is 11.8. The van der Waals surface area contributed by atoms with Crippen molar-refractivity contribution < 1.29 is 24.2 Å². The third-order valence-corrected chi connectivity index (χ3v) is 4.52. The number of para-hydroxylation sites is 1. The van der Waals surface area contributed by atoms with Crippen LogP contribution in [0.15, 0.2) is 18.2 Å². The Labute approximate surface area is 148 Å². The second-order valence-corrected chi connectivity index (χ2v) is 7.12. The minimum atomic E-state index is -1.10. The third kappa shape index (κ3) is 5.11. The van der Waals surface area contributed by atoms with Gasteiger partial charge in [0.15, 0.2) is 11.5 Å². The van der Waals surface area contributed by atoms with Crippen LogP contribution in [0.2, 0.25) is 0 Å². The molecule has 6 nitrogen and oxygen atoms in total. The highest BCUT2D eigenvalue weighted by atomic mass is 16.5. The Hall–Kier alpha value is -2.24. The number of carbonyl (C=O) groups excluding carboxylic acids is 1. The molecule has 1 aliphatic rings. The van der Waals surface area contributed by atoms with Gasteiger partial charge in [0.25, 0.3) is 0 Å². The standard InChI is InChI=1S/C19H27NO5/c1-19(2,18(22)23)11-16(21)20-12-13-7-6-10-15(24-3)17(13)25-14-8-4-5-9-14/h6-7,10,14H,4-5,8-9,11-12H2,1-3H3,(H,20,21)(H,22,23). The molecule has 138 valence electrons. The molecule has 2 N–H and O–H groups in total. The van der Waals surface area contributed by atoms with Crippen LogP contribution in [0.5, 0.6) is 11.5 Å². The van der Waals surface area contributed by atoms with Gasteiger partial charge in [-0.25, -0.2) is 0 Å². The summed E-state index contributed by atoms with van der Waals surface area (Å²) in [6.45, 7) is 3.35. The van der Waals surface area contributed by atoms with E-state index in [2.05, 4.69) is 5.32 Å². The third-order valence-electron chi connectivity index (χ3n) is 4.52. The van der Waals surface area contributed by atoms with Gasteiger partial charge in [-0.3, -0.25) is 9.59 Å². The van der Waals surface area contributed by atoms with Crippen LogP contribution in [0.4, 0.5) is 0 Å². The second kappa shape index (κ2) is 8.23. The highest BCUT2D eigenvalue weighted by Gasteiger charge is 2.30. The van der Waals surface area contributed by atoms with Gasteiger partial charge in [-0.15, -0.1) is 0 Å². The van der Waals surface area contributed by atoms with E-state index in [0.29, 0.717) is 11.5 Å². The Morgan fingerprint density at radius 2 is 1.96 bits per heavy atom. The number of amides is 1. The van der Waals surface area contributed by atoms with Gasteiger partial charge in [0.2, 0.25) is 5.91 Å². The number of rotatable bonds is 8. The number of methoxy groups -OCH3 is 1. The number of carboxylic acid groups (broad SMARTS) is 1. The molecule has 1 aromatic carbocycles. The van der Waals surface area contributed by atoms with Gasteiger partial charge >= 0.3 is 5.97 Å². The number of hydrogen-bond donors (Lipinski definition) is 2. The van der Waals surface area contributed by atoms with Crippen LogP contribution >= 0.6 is 0 Å². The molecule has 2 rings (SSSR count). The Morgan fingerprint density at radius 1 is 1.28 bits per heavy atom. The molecule has 0 atom stereocenters. The van der Waals surface area contributed by atoms with Crippen molar-refractivity contribution in [1.82, 2.24) is 5.32 Å². The summed E-state index contributed by atoms with van der Waals surface area (Å²) in [6, 6.07) is 5.57. The molecule has 1 saturated carbocycles. The minimum Gasteiger partial charge on any atom is -0.493 e. The first-order valence-corrected chi connectivity index (χ1v) is 8.66. The van der Waals surface area contributed by atoms with Gasteiger partial charge in [0.1, 0.15) is 0 Å². The molecule has 6 heteroatoms. The van der Waals surface area contributed by atoms with Crippen molar-refractivity contribution in [3.8, 4) is 11.5 Å². The molecule has 0 spiro atoms. The summed E-state index contributed by atoms with van der Waals surface area (Å²) in [5.41, 5.74) is -0.269. The van der Waals surface area contributed by atoms with E-state index in [1.54, 1.807) is 7.11 Å². The molecule has 1 amide bonds. The summed E-state index contributed by atoms with van der Waals surface area (Å²) in [5.74, 6) is 0.00975. The van der Waals surface area contributed by atoms with Crippen molar-refractivity contribution in [2.45, 2.75) is 58.6 Å². The Bertz CT molecular complexity index is 620. The van der Waals surface area contributed by atoms with E-state index in [9.17, 15) is 9.59 Å². The minimum absolute atomic E-state index is 0.0783. The monoisotopic (exact) mass is 349 g/mol. The van der Waals surface area contributed by atoms with E-state index in [1.165, 1.54) is 13.8 Å². The van der Waals surface area contributed by atoms with E-state index in [1.807, 2.05) is 18.2 Å². The molecule has 1 aliphatic carbocycles. The summed E-state index contributed by atoms with van der Waals surface area (Å²) in [6.07, 6.45) is 4.47. The molecule has 1 aromatic rings. The Balaban J connectivity index is 2.05. The second-order valence-electron chi connectivity index (χ2n) is 7.12. The summed E-state index contributed by atoms with van der Waals surface area (Å²) < 4.78 is 11.5. The quantitative estimate of drug-likeness (QED) is 0.753. The van der Waals surface area contributed by atoms with Gasteiger partial charge in [-0.1, -0.05) is 12.1 Å². The van der Waals surface area contributed by atoms with Gasteiger partial charge in [-0.05, 0) is 45.6 Å². The number of ether oxygens (including phenoxy) is 2. The first kappa shape index (κ1) is 19.1. The molecule has 25 heavy (non-hydrogen) atoms. The SMILES string of the molecule is COc1cccc(CNC(=O)CC(C)(C)C(=O)O)c1OC1CCCC1. The fourth-order valence-corrected chi connectivity index (χ4v) is 2.90. The van der Waals surface area contributed by atoms with Crippen LogP contribution < -0.4 is 14.8 Å². The molecule has 0 radical (unpaired) electrons. The van der Waals surface area contributed by atoms with Gasteiger partial charge in [-0.2, -0.15) is 0 Å². The number of hydrogen-bond acceptors (Lipinski definition) is 4. The van der Waals surface area contributed by atoms with E-state index in [-0.39, 0.29) is 25.0 Å². The molecule has 1 fully saturated rings. The van der Waals surface area contributed by atoms with Crippen LogP contribution in [-0.2, 0) is 16.1 Å². The zero-order valence-electron chi connectivity index (χ0n) is 15.1. The summed E-state index contributed by atoms with van der Waals surface area (Å²) in [4.78, 5) is 23.2. The fraction of sp³-hybridized carbons (Fsp3) is 0.579. The van der Waals surface area contributed by atoms with Crippen LogP contribution in [-0.4, -0.2) is 30.2 Å². The van der Waals surface area contributed by atoms with E-state index < -0.39 is 11.4 Å². The lowest BCUT2D eigenvalue weighted by molar-refractivity contribution is -0.149. The molecular weight excluding hydrogens is 322 g/mol. The highest BCUT2D eigenvalue weighted by Crippen LogP contribution is 2.34. The number of carbonyl (C=O) groups is 2. The van der Waals surface area contributed by atoms with Gasteiger partial charge < -0.3 is 19.9 Å². The molecule has 0 aliphatic heterocycles. The van der Waals surface area contributed by atoms with Crippen LogP contribution in [0.1, 0.15) is 51.5 Å². The maximum absolute atomic E-state index is 12.1. The van der Waals surface area contributed by atoms with Crippen molar-refractivity contribution in [3.05, 3.63) is 23.8 Å². The van der Waals surface area contributed by atoms with Crippen LogP contribution in [0.25, 0.3) is 0 Å². The summed E-state index contributed by atoms with van der Waals surface area (Å²) >= 11 is 0. The fourth-order valence-electron chi connectivity index (χ4n) is 2.90. The lowest BCUT2D eigenvalue weighted by atomic mass is 9.89. The summed E-state index contributed by atoms with van der Waals surface area (Å²) in [7, 11) is 1.59. The molecule has 0 saturated heterocycles. The van der Waals surface area contributed by atoms with Crippen molar-refractivity contribution in [2.24, 2.45) is 5.41 Å². The zero-order valence-corrected chi connectivity index (χ0v) is 15.1. The smallest absolute Gasteiger partial charge is 0.309 e. The van der Waals surface area contributed by atoms with Crippen LogP contribution in [0, 0.1) is 5.41 Å². The number of carboxylic acids is 1. The van der Waals surface area contributed by atoms with E-state index >= 15 is 0 Å². The van der Waals surface area contributed by atoms with Crippen molar-refractivity contribution in [1.29, 1.82) is 0 Å². The number of benzene rings is 1. The van der Waals surface area contributed by atoms with Crippen LogP contribution in [0.3, 0.4) is 0 Å². The Morgan fingerprint density at radius 3 is 2.56 bits per heavy atom. The molecule has 0 unspecified atom stereocenters. The average molecular weight is 349 g/mol. The lowest BCUT2D eigenvalue weighted by Gasteiger charge is -2.21. The molecule has 0 heterocycles. The largest absolute Gasteiger partial charge is 0.493 e. The number of aliphatic carboxylic acids is 1. The topological polar surface area (TPSA) is 84.9 Å². The predicted molar refractivity (Wildman–Crippen MR) is 93.8 cm³/mol. The molecule has 0 bridgehead atoms. The molecular formula is C19H27NO5. The van der Waals surface area contributed by atoms with E-state index in [4.69, 9.17) is 14.6 Å². The maximum atomic E-state index is 12.1. The lowest BCUT2D eigenvalue weighted by Crippen LogP contribution is -2.33. The predicted octanol–water partition coefficient (Wildman–Crippen LogP) is 3.13. The average Bonchev–Trinajstić information content (AvgIpc) is 3.06. The zero-order chi connectivity index (χ0) is 18.4. The first-order valence-electron chi connectivity index (χ1n) is 8.66. The normalized spacial score (nSPS) is 15.0. The van der Waals surface area contributed by atoms with Gasteiger partial charge in [0.05, 0.1) is 18.6 Å². The van der Waals surface area contributed by atoms with Crippen molar-refractivity contribution >= 4 is 11.9 Å². The molecule has 0 aromatic heterocycles. The maximum Gasteiger partial charge on any atom is 0.309 e. The van der Waals surface area contributed by atoms with E-state index in [0.717, 1.165) is 31.2 Å². The highest BCUT2D eigenvalue weighted by molar-refractivity contribution is 5.84. The van der Waals surface area contributed by atoms with Crippen molar-refractivity contribution in [2.75, 3.05) is 7.11 Å². The van der Waals surface area contributed by atoms with Gasteiger partial charge in [0, 0.05) is 18.5 Å². The summed E-state index contributed by atoms with van der Waals surface area (Å²) in [5, 5.41) is 11.9.